The number of nitrogens with zero attached hydrogens (tertiary/aromatic N) is 22. The third-order valence-electron chi connectivity index (χ3n) is 20.8. The SMILES string of the molecule is Nc1ccn([C@H]2C[C@H](OP(=O)(O)O)[C@@H](COP(=O)(O)O[C@H]3C[C@H](n4cnc5c(N)ncnc54)O[C@@H]3COP(=O)(O)O[C@H]3C[C@H](n4cnc5c(N)ncnc54)O[C@@H]3COP(=O)(O)O[C@H]3C[C@H](n4cnc5c(N)ncnc54)O[C@@H]3COP(=O)(O)O[C@H]3C[C@H](n4cnc5c(N)ncnc54)O[C@@H]3COP(=O)(O)O[C@H]3C[C@H](n4cnc5c(N)ncnc54)O[C@@H]3COP(=O)(O)O)O2)c(=O)n1. The maximum atomic E-state index is 14.7. The first kappa shape index (κ1) is 91.8. The Morgan fingerprint density at radius 2 is 0.519 bits per heavy atom. The molecule has 0 aromatic carbocycles. The number of hydrogen-bond acceptors (Lipinski definition) is 48. The highest BCUT2D eigenvalue weighted by atomic mass is 31.2. The number of anilines is 6. The fourth-order valence-corrected chi connectivity index (χ4v) is 20.8. The van der Waals surface area contributed by atoms with Crippen molar-refractivity contribution in [2.24, 2.45) is 0 Å². The molecule has 17 rings (SSSR count). The van der Waals surface area contributed by atoms with Crippen LogP contribution in [-0.4, -0.2) is 264 Å². The van der Waals surface area contributed by atoms with Gasteiger partial charge in [0, 0.05) is 44.7 Å². The first-order chi connectivity index (χ1) is 61.1. The topological polar surface area (TPSA) is 877 Å². The summed E-state index contributed by atoms with van der Waals surface area (Å²) in [6.45, 7) is -6.07. The second-order valence-corrected chi connectivity index (χ2v) is 38.6. The van der Waals surface area contributed by atoms with Crippen molar-refractivity contribution in [3.05, 3.63) is 86.0 Å². The molecule has 129 heavy (non-hydrogen) atoms. The highest BCUT2D eigenvalue weighted by molar-refractivity contribution is 7.48. The minimum Gasteiger partial charge on any atom is -0.383 e. The summed E-state index contributed by atoms with van der Waals surface area (Å²) in [6.07, 6.45) is -17.0. The molecule has 11 aromatic rings. The molecule has 0 saturated carbocycles. The van der Waals surface area contributed by atoms with Crippen molar-refractivity contribution in [1.29, 1.82) is 0 Å². The van der Waals surface area contributed by atoms with Crippen molar-refractivity contribution in [1.82, 2.24) is 107 Å². The summed E-state index contributed by atoms with van der Waals surface area (Å²) < 4.78 is 206. The first-order valence-electron chi connectivity index (χ1n) is 37.8. The molecule has 11 aromatic heterocycles. The Balaban J connectivity index is 0.590. The number of ether oxygens (including phenoxy) is 6. The molecular weight excluding hydrogens is 1880 g/mol. The van der Waals surface area contributed by atoms with Gasteiger partial charge in [0.05, 0.1) is 71.3 Å². The van der Waals surface area contributed by atoms with Gasteiger partial charge >= 0.3 is 60.4 Å². The van der Waals surface area contributed by atoms with Crippen molar-refractivity contribution < 1.29 is 159 Å². The van der Waals surface area contributed by atoms with Gasteiger partial charge in [-0.25, -0.2) is 112 Å². The van der Waals surface area contributed by atoms with Crippen LogP contribution in [0.5, 0.6) is 0 Å². The van der Waals surface area contributed by atoms with Crippen LogP contribution in [0.1, 0.15) is 75.9 Å². The number of rotatable bonds is 36. The second kappa shape index (κ2) is 36.2. The Labute approximate surface area is 717 Å². The summed E-state index contributed by atoms with van der Waals surface area (Å²) in [6, 6.07) is 1.23. The number of imidazole rings is 5. The molecule has 6 aliphatic rings. The van der Waals surface area contributed by atoms with Crippen LogP contribution >= 0.6 is 54.8 Å². The Kier molecular flexibility index (Phi) is 25.7. The maximum absolute atomic E-state index is 14.7. The van der Waals surface area contributed by atoms with Crippen LogP contribution < -0.4 is 40.1 Å². The molecule has 6 saturated heterocycles. The predicted octanol–water partition coefficient (Wildman–Crippen LogP) is -0.241. The number of hydrogen-bond donors (Lipinski definition) is 15. The lowest BCUT2D eigenvalue weighted by Crippen LogP contribution is -2.32. The molecule has 0 bridgehead atoms. The van der Waals surface area contributed by atoms with E-state index in [1.165, 1.54) is 66.7 Å². The third-order valence-corrected chi connectivity index (χ3v) is 26.9. The maximum Gasteiger partial charge on any atom is 0.472 e. The molecule has 0 spiro atoms. The van der Waals surface area contributed by atoms with Gasteiger partial charge in [-0.3, -0.25) is 81.7 Å². The van der Waals surface area contributed by atoms with Gasteiger partial charge in [0.1, 0.15) is 176 Å². The molecule has 5 unspecified atom stereocenters. The van der Waals surface area contributed by atoms with Crippen molar-refractivity contribution in [2.75, 3.05) is 74.0 Å². The van der Waals surface area contributed by atoms with Crippen LogP contribution in [0.3, 0.4) is 0 Å². The van der Waals surface area contributed by atoms with E-state index in [4.69, 9.17) is 117 Å². The van der Waals surface area contributed by atoms with Crippen LogP contribution in [0.2, 0.25) is 0 Å². The predicted molar refractivity (Wildman–Crippen MR) is 421 cm³/mol. The monoisotopic (exact) mass is 1950 g/mol. The van der Waals surface area contributed by atoms with Gasteiger partial charge in [-0.1, -0.05) is 0 Å². The fraction of sp³-hybridized carbons (Fsp3) is 0.508. The molecular formula is C59H75N28O35P7. The third kappa shape index (κ3) is 20.6. The van der Waals surface area contributed by atoms with Gasteiger partial charge in [-0.2, -0.15) is 4.98 Å². The number of nitrogen functional groups attached to an aromatic ring is 6. The van der Waals surface area contributed by atoms with E-state index in [1.54, 1.807) is 0 Å². The van der Waals surface area contributed by atoms with Crippen LogP contribution in [0, 0.1) is 0 Å². The largest absolute Gasteiger partial charge is 0.472 e. The van der Waals surface area contributed by atoms with Gasteiger partial charge in [-0.05, 0) is 6.07 Å². The second-order valence-electron chi connectivity index (χ2n) is 29.1. The number of fused-ring (bicyclic) bond motifs is 5. The lowest BCUT2D eigenvalue weighted by molar-refractivity contribution is -0.0638. The zero-order valence-corrected chi connectivity index (χ0v) is 71.6. The van der Waals surface area contributed by atoms with Crippen molar-refractivity contribution in [2.45, 2.75) is 149 Å². The molecule has 23 atom stereocenters. The molecule has 70 heteroatoms. The fourth-order valence-electron chi connectivity index (χ4n) is 15.0. The minimum absolute atomic E-state index is 0.0146. The number of nitrogens with two attached hydrogens (primary N) is 6. The van der Waals surface area contributed by atoms with Crippen molar-refractivity contribution >= 4 is 145 Å². The Bertz CT molecular complexity index is 6450. The summed E-state index contributed by atoms with van der Waals surface area (Å²) >= 11 is 0. The van der Waals surface area contributed by atoms with Gasteiger partial charge in [-0.15, -0.1) is 0 Å². The number of aromatic nitrogens is 22. The van der Waals surface area contributed by atoms with E-state index in [1.807, 2.05) is 0 Å². The Morgan fingerprint density at radius 1 is 0.302 bits per heavy atom. The Morgan fingerprint density at radius 3 is 0.736 bits per heavy atom. The van der Waals surface area contributed by atoms with E-state index in [-0.39, 0.29) is 97.1 Å². The average molecular weight is 1950 g/mol. The van der Waals surface area contributed by atoms with Gasteiger partial charge < -0.3 is 107 Å². The summed E-state index contributed by atoms with van der Waals surface area (Å²) in [5.74, 6) is -0.470. The zero-order valence-electron chi connectivity index (χ0n) is 65.4. The van der Waals surface area contributed by atoms with Crippen molar-refractivity contribution in [3.63, 3.8) is 0 Å². The lowest BCUT2D eigenvalue weighted by atomic mass is 10.2. The van der Waals surface area contributed by atoms with Crippen LogP contribution in [0.15, 0.2) is 80.3 Å². The standard InChI is InChI=1S/C59H75N28O35P7/c60-37-1-2-82(59(88)81-37)38-3-25(117-124(92,93)94)32(111-38)10-106-125(95,96)119-27-5-40(84-21-77-45-50(62)67-16-72-55(45)84)114-34(27)12-108-127(99,100)121-29-7-42(86-23-79-47-52(64)69-18-74-57(47)86)116-36(29)14-110-129(103,104)122-30-8-43(87-24-80-48-53(65)70-19-75-58(48)87)115-35(30)13-109-128(101,102)120-28-6-41(85-22-78-46-51(63)68-17-73-56(46)85)113-33(28)11-107-126(97,98)118-26-4-39(112-31(26)9-105-123(89,90)91)83-20-76-44-49(61)66-15-71-54(44)83/h1-2,15-36,38-43H,3-14H2,(H,95,96)(H,97,98)(H,99,100)(H,101,102)(H,103,104)(H2,60,81,88)(H2,61,66,71)(H2,62,67,72)(H2,63,68,73)(H2,64,69,74)(H2,65,70,75)(H2,89,90,91)(H2,92,93,94)/t25-,26-,27-,28-,29-,30-,31+,32+,33+,34+,35+,36+,38+,39+,40+,41+,42+,43+/m0/s1. The van der Waals surface area contributed by atoms with E-state index in [0.717, 1.165) is 36.2 Å². The first-order valence-corrected chi connectivity index (χ1v) is 48.3. The molecule has 696 valence electrons. The highest BCUT2D eigenvalue weighted by Gasteiger charge is 2.53. The van der Waals surface area contributed by atoms with E-state index in [0.29, 0.717) is 0 Å². The molecule has 0 radical (unpaired) electrons. The quantitative estimate of drug-likeness (QED) is 0.0225. The molecule has 63 nitrogen and oxygen atoms in total. The molecule has 0 amide bonds. The van der Waals surface area contributed by atoms with Gasteiger partial charge in [0.2, 0.25) is 0 Å². The smallest absolute Gasteiger partial charge is 0.383 e. The lowest BCUT2D eigenvalue weighted by Gasteiger charge is -2.26. The summed E-state index contributed by atoms with van der Waals surface area (Å²) in [4.78, 5) is 175. The molecule has 21 N–H and O–H groups in total. The van der Waals surface area contributed by atoms with Crippen LogP contribution in [-0.2, 0) is 115 Å². The summed E-state index contributed by atoms with van der Waals surface area (Å²) in [5, 5.41) is 0. The van der Waals surface area contributed by atoms with E-state index in [2.05, 4.69) is 79.7 Å². The van der Waals surface area contributed by atoms with Crippen LogP contribution in [0.4, 0.5) is 34.9 Å². The summed E-state index contributed by atoms with van der Waals surface area (Å²) in [7, 11) is -38.1. The zero-order chi connectivity index (χ0) is 91.2. The normalized spacial score (nSPS) is 28.8. The average Bonchev–Trinajstić information content (AvgIpc) is 1.64. The molecule has 6 aliphatic heterocycles. The van der Waals surface area contributed by atoms with E-state index < -0.39 is 243 Å². The van der Waals surface area contributed by atoms with E-state index in [9.17, 15) is 80.8 Å². The molecule has 17 heterocycles. The number of phosphoric ester groups is 7. The number of phosphoric acid groups is 7. The highest BCUT2D eigenvalue weighted by Crippen LogP contribution is 2.58. The van der Waals surface area contributed by atoms with Crippen molar-refractivity contribution in [3.8, 4) is 0 Å². The van der Waals surface area contributed by atoms with Gasteiger partial charge in [0.15, 0.2) is 57.3 Å². The summed E-state index contributed by atoms with van der Waals surface area (Å²) in [5.41, 5.74) is 35.9. The van der Waals surface area contributed by atoms with Gasteiger partial charge in [0.25, 0.3) is 0 Å². The Hall–Kier alpha value is -9.04. The van der Waals surface area contributed by atoms with E-state index >= 15 is 0 Å². The van der Waals surface area contributed by atoms with Crippen LogP contribution in [0.25, 0.3) is 55.8 Å². The molecule has 0 aliphatic carbocycles. The minimum atomic E-state index is -5.61. The molecule has 6 fully saturated rings.